The number of esters is 1. The van der Waals surface area contributed by atoms with Gasteiger partial charge in [-0.25, -0.2) is 13.8 Å². The maximum Gasteiger partial charge on any atom is 0.459 e. The van der Waals surface area contributed by atoms with Gasteiger partial charge in [0.15, 0.2) is 17.7 Å². The number of nitrogens with one attached hydrogen (secondary N) is 1. The summed E-state index contributed by atoms with van der Waals surface area (Å²) < 4.78 is 79.0. The first-order valence-electron chi connectivity index (χ1n) is 12.4. The molecule has 0 bridgehead atoms. The number of alkyl halides is 2. The van der Waals surface area contributed by atoms with Crippen molar-refractivity contribution in [3.63, 3.8) is 0 Å². The molecule has 0 aliphatic carbocycles. The third kappa shape index (κ3) is 6.71. The topological polar surface area (TPSA) is 164 Å². The number of benzene rings is 2. The summed E-state index contributed by atoms with van der Waals surface area (Å²) in [5.74, 6) is -6.96. The Morgan fingerprint density at radius 1 is 1.24 bits per heavy atom. The Bertz CT molecular complexity index is 1540. The molecule has 0 amide bonds. The number of nitrogens with two attached hydrogens (primary N) is 1. The van der Waals surface area contributed by atoms with Gasteiger partial charge in [-0.15, -0.1) is 0 Å². The average molecular weight is 600 g/mol. The lowest BCUT2D eigenvalue weighted by Crippen LogP contribution is -2.42. The standard InChI is InChI=1S/C25H28F3N4O8P/c1-13(2)38-22(34)14(3)31-41(36,40-17-9-8-15-6-4-5-7-16(15)10-17)37-12-19-20(33)25(27,28)23(39-19)32-11-18(26)21(29)30-24(32)35/h4-11,13-14,19-20,23,33H,12H2,1-3H3,(H,31,36)(H2,29,30,35)/t14-,19+,20+,23+,41?/m0/s1. The van der Waals surface area contributed by atoms with Crippen LogP contribution in [0.5, 0.6) is 5.75 Å². The molecule has 1 aliphatic heterocycles. The molecule has 3 aromatic rings. The van der Waals surface area contributed by atoms with Crippen LogP contribution in [0.25, 0.3) is 10.8 Å². The highest BCUT2D eigenvalue weighted by molar-refractivity contribution is 7.52. The number of nitrogen functional groups attached to an aromatic ring is 1. The highest BCUT2D eigenvalue weighted by Gasteiger charge is 2.60. The number of carbonyl (C=O) groups excluding carboxylic acids is 1. The van der Waals surface area contributed by atoms with Gasteiger partial charge in [-0.05, 0) is 43.7 Å². The summed E-state index contributed by atoms with van der Waals surface area (Å²) in [6, 6.07) is 10.7. The molecule has 5 atom stereocenters. The molecule has 2 heterocycles. The number of aliphatic hydroxyl groups excluding tert-OH is 1. The molecule has 1 aromatic heterocycles. The van der Waals surface area contributed by atoms with E-state index in [-0.39, 0.29) is 10.3 Å². The van der Waals surface area contributed by atoms with E-state index in [1.807, 2.05) is 12.1 Å². The van der Waals surface area contributed by atoms with Gasteiger partial charge in [0.05, 0.1) is 18.9 Å². The largest absolute Gasteiger partial charge is 0.462 e. The van der Waals surface area contributed by atoms with Crippen molar-refractivity contribution in [1.29, 1.82) is 0 Å². The van der Waals surface area contributed by atoms with Crippen molar-refractivity contribution in [2.24, 2.45) is 0 Å². The molecular weight excluding hydrogens is 572 g/mol. The number of ether oxygens (including phenoxy) is 2. The fraction of sp³-hybridized carbons (Fsp3) is 0.400. The molecule has 41 heavy (non-hydrogen) atoms. The summed E-state index contributed by atoms with van der Waals surface area (Å²) in [6.45, 7) is 3.58. The molecule has 4 N–H and O–H groups in total. The van der Waals surface area contributed by atoms with Crippen LogP contribution in [0.15, 0.2) is 53.5 Å². The molecule has 16 heteroatoms. The predicted molar refractivity (Wildman–Crippen MR) is 140 cm³/mol. The maximum atomic E-state index is 15.0. The van der Waals surface area contributed by atoms with Gasteiger partial charge >= 0.3 is 25.3 Å². The molecule has 222 valence electrons. The lowest BCUT2D eigenvalue weighted by Gasteiger charge is -2.25. The quantitative estimate of drug-likeness (QED) is 0.231. The Kier molecular flexibility index (Phi) is 8.76. The number of carbonyl (C=O) groups is 1. The monoisotopic (exact) mass is 600 g/mol. The zero-order chi connectivity index (χ0) is 30.1. The molecule has 1 saturated heterocycles. The van der Waals surface area contributed by atoms with Crippen molar-refractivity contribution in [2.45, 2.75) is 57.3 Å². The van der Waals surface area contributed by atoms with Crippen LogP contribution in [-0.2, 0) is 23.4 Å². The Morgan fingerprint density at radius 2 is 1.93 bits per heavy atom. The van der Waals surface area contributed by atoms with Gasteiger partial charge in [0.2, 0.25) is 6.23 Å². The van der Waals surface area contributed by atoms with Crippen molar-refractivity contribution < 1.29 is 46.2 Å². The second-order valence-corrected chi connectivity index (χ2v) is 11.2. The minimum atomic E-state index is -4.55. The highest BCUT2D eigenvalue weighted by atomic mass is 31.2. The zero-order valence-electron chi connectivity index (χ0n) is 22.1. The smallest absolute Gasteiger partial charge is 0.459 e. The molecule has 0 radical (unpaired) electrons. The third-order valence-electron chi connectivity index (χ3n) is 5.98. The zero-order valence-corrected chi connectivity index (χ0v) is 23.0. The van der Waals surface area contributed by atoms with Crippen LogP contribution in [0.3, 0.4) is 0 Å². The number of anilines is 1. The third-order valence-corrected chi connectivity index (χ3v) is 7.62. The molecule has 0 saturated carbocycles. The van der Waals surface area contributed by atoms with E-state index in [0.717, 1.165) is 10.8 Å². The maximum absolute atomic E-state index is 15.0. The van der Waals surface area contributed by atoms with Gasteiger partial charge in [0.25, 0.3) is 0 Å². The van der Waals surface area contributed by atoms with E-state index in [4.69, 9.17) is 24.3 Å². The van der Waals surface area contributed by atoms with E-state index in [9.17, 15) is 32.4 Å². The summed E-state index contributed by atoms with van der Waals surface area (Å²) in [7, 11) is -4.55. The van der Waals surface area contributed by atoms with Gasteiger partial charge in [0, 0.05) is 0 Å². The SMILES string of the molecule is CC(C)OC(=O)[C@H](C)NP(=O)(OC[C@H]1O[C@@H](n2cc(F)c(N)nc2=O)C(F)(F)[C@@H]1O)Oc1ccc2ccccc2c1. The van der Waals surface area contributed by atoms with E-state index in [1.54, 1.807) is 38.1 Å². The molecule has 0 spiro atoms. The molecule has 1 fully saturated rings. The lowest BCUT2D eigenvalue weighted by molar-refractivity contribution is -0.149. The summed E-state index contributed by atoms with van der Waals surface area (Å²) >= 11 is 0. The van der Waals surface area contributed by atoms with Crippen molar-refractivity contribution in [3.05, 3.63) is 65.0 Å². The van der Waals surface area contributed by atoms with Crippen molar-refractivity contribution in [3.8, 4) is 5.75 Å². The van der Waals surface area contributed by atoms with Crippen molar-refractivity contribution in [1.82, 2.24) is 14.6 Å². The fourth-order valence-electron chi connectivity index (χ4n) is 3.98. The molecule has 1 aliphatic rings. The first-order chi connectivity index (χ1) is 19.2. The Morgan fingerprint density at radius 3 is 2.61 bits per heavy atom. The van der Waals surface area contributed by atoms with Crippen LogP contribution < -0.4 is 21.0 Å². The van der Waals surface area contributed by atoms with E-state index in [0.29, 0.717) is 6.20 Å². The average Bonchev–Trinajstić information content (AvgIpc) is 3.12. The van der Waals surface area contributed by atoms with E-state index < -0.39 is 74.2 Å². The second kappa shape index (κ2) is 11.8. The highest BCUT2D eigenvalue weighted by Crippen LogP contribution is 2.48. The van der Waals surface area contributed by atoms with Crippen LogP contribution in [0.4, 0.5) is 19.0 Å². The van der Waals surface area contributed by atoms with Gasteiger partial charge in [0.1, 0.15) is 17.9 Å². The van der Waals surface area contributed by atoms with Gasteiger partial charge in [-0.2, -0.15) is 18.9 Å². The normalized spacial score (nSPS) is 22.4. The van der Waals surface area contributed by atoms with Gasteiger partial charge < -0.3 is 24.8 Å². The predicted octanol–water partition coefficient (Wildman–Crippen LogP) is 3.14. The van der Waals surface area contributed by atoms with E-state index in [1.165, 1.54) is 13.0 Å². The summed E-state index contributed by atoms with van der Waals surface area (Å²) in [4.78, 5) is 27.6. The lowest BCUT2D eigenvalue weighted by atomic mass is 10.1. The van der Waals surface area contributed by atoms with Crippen LogP contribution >= 0.6 is 7.75 Å². The number of nitrogens with zero attached hydrogens (tertiary/aromatic N) is 2. The number of halogens is 3. The summed E-state index contributed by atoms with van der Waals surface area (Å²) in [5.41, 5.74) is 3.85. The first kappa shape index (κ1) is 30.5. The Balaban J connectivity index is 1.58. The number of hydrogen-bond donors (Lipinski definition) is 3. The van der Waals surface area contributed by atoms with Gasteiger partial charge in [-0.3, -0.25) is 13.9 Å². The number of rotatable bonds is 10. The Labute approximate surface area is 231 Å². The molecule has 1 unspecified atom stereocenters. The minimum Gasteiger partial charge on any atom is -0.462 e. The van der Waals surface area contributed by atoms with Crippen LogP contribution in [-0.4, -0.2) is 57.5 Å². The first-order valence-corrected chi connectivity index (χ1v) is 13.9. The van der Waals surface area contributed by atoms with Crippen LogP contribution in [0.2, 0.25) is 0 Å². The minimum absolute atomic E-state index is 0.0510. The van der Waals surface area contributed by atoms with Crippen LogP contribution in [0.1, 0.15) is 27.0 Å². The van der Waals surface area contributed by atoms with E-state index in [2.05, 4.69) is 10.1 Å². The Hall–Kier alpha value is -3.49. The summed E-state index contributed by atoms with van der Waals surface area (Å²) in [6.07, 6.45) is -7.08. The molecule has 2 aromatic carbocycles. The number of fused-ring (bicyclic) bond motifs is 1. The van der Waals surface area contributed by atoms with Crippen molar-refractivity contribution in [2.75, 3.05) is 12.3 Å². The molecule has 12 nitrogen and oxygen atoms in total. The number of aromatic nitrogens is 2. The molecular formula is C25H28F3N4O8P. The summed E-state index contributed by atoms with van der Waals surface area (Å²) in [5, 5.41) is 14.3. The van der Waals surface area contributed by atoms with Crippen molar-refractivity contribution >= 4 is 30.3 Å². The van der Waals surface area contributed by atoms with E-state index >= 15 is 0 Å². The molecule has 4 rings (SSSR count). The second-order valence-electron chi connectivity index (χ2n) is 9.54. The fourth-order valence-corrected chi connectivity index (χ4v) is 5.47. The van der Waals surface area contributed by atoms with Crippen LogP contribution in [0, 0.1) is 5.82 Å². The number of aliphatic hydroxyl groups is 1. The number of hydrogen-bond acceptors (Lipinski definition) is 10. The van der Waals surface area contributed by atoms with Gasteiger partial charge in [-0.1, -0.05) is 30.3 Å².